The quantitative estimate of drug-likeness (QED) is 0.697. The van der Waals surface area contributed by atoms with Crippen LogP contribution >= 0.6 is 0 Å². The van der Waals surface area contributed by atoms with Crippen LogP contribution < -0.4 is 5.32 Å². The second-order valence-electron chi connectivity index (χ2n) is 4.95. The van der Waals surface area contributed by atoms with Gasteiger partial charge in [-0.05, 0) is 5.56 Å². The number of halogens is 11. The highest BCUT2D eigenvalue weighted by Crippen LogP contribution is 2.50. The lowest BCUT2D eigenvalue weighted by atomic mass is 10.2. The van der Waals surface area contributed by atoms with Gasteiger partial charge in [0, 0.05) is 6.54 Å². The van der Waals surface area contributed by atoms with Crippen LogP contribution in [0.15, 0.2) is 30.3 Å². The summed E-state index contributed by atoms with van der Waals surface area (Å²) in [6.45, 7) is -0.897. The third kappa shape index (κ3) is 4.59. The van der Waals surface area contributed by atoms with Gasteiger partial charge < -0.3 is 5.32 Å². The average Bonchev–Trinajstić information content (AvgIpc) is 2.50. The molecule has 0 unspecified atom stereocenters. The van der Waals surface area contributed by atoms with Crippen LogP contribution in [0.5, 0.6) is 0 Å². The summed E-state index contributed by atoms with van der Waals surface area (Å²) < 4.78 is 141. The van der Waals surface area contributed by atoms with Crippen molar-refractivity contribution in [3.05, 3.63) is 35.9 Å². The van der Waals surface area contributed by atoms with Gasteiger partial charge >= 0.3 is 30.2 Å². The van der Waals surface area contributed by atoms with E-state index in [1.165, 1.54) is 30.3 Å². The molecule has 1 atom stereocenters. The fourth-order valence-electron chi connectivity index (χ4n) is 1.53. The Hall–Kier alpha value is -2.12. The van der Waals surface area contributed by atoms with Crippen molar-refractivity contribution in [2.75, 3.05) is 0 Å². The first-order chi connectivity index (χ1) is 12.0. The highest BCUT2D eigenvalue weighted by molar-refractivity contribution is 5.84. The second kappa shape index (κ2) is 7.13. The fraction of sp³-hybridized carbons (Fsp3) is 0.462. The Kier molecular flexibility index (Phi) is 6.05. The summed E-state index contributed by atoms with van der Waals surface area (Å²) in [4.78, 5) is 11.3. The molecule has 0 spiro atoms. The van der Waals surface area contributed by atoms with Crippen LogP contribution in [0.25, 0.3) is 0 Å². The van der Waals surface area contributed by atoms with Gasteiger partial charge in [-0.2, -0.15) is 48.3 Å². The van der Waals surface area contributed by atoms with E-state index in [9.17, 15) is 53.1 Å². The van der Waals surface area contributed by atoms with E-state index in [0.717, 1.165) is 5.32 Å². The molecule has 27 heavy (non-hydrogen) atoms. The van der Waals surface area contributed by atoms with Gasteiger partial charge in [-0.1, -0.05) is 30.3 Å². The molecule has 0 aromatic heterocycles. The van der Waals surface area contributed by atoms with Gasteiger partial charge in [-0.25, -0.2) is 0 Å². The lowest BCUT2D eigenvalue weighted by Gasteiger charge is -2.34. The zero-order chi connectivity index (χ0) is 21.3. The smallest absolute Gasteiger partial charge is 0.347 e. The molecule has 14 heteroatoms. The van der Waals surface area contributed by atoms with E-state index in [4.69, 9.17) is 0 Å². The Labute approximate surface area is 143 Å². The number of hydrogen-bond acceptors (Lipinski definition) is 2. The molecule has 0 bridgehead atoms. The molecule has 0 fully saturated rings. The second-order valence-corrected chi connectivity index (χ2v) is 4.95. The van der Waals surface area contributed by atoms with Gasteiger partial charge in [-0.3, -0.25) is 9.53 Å². The number of hydrogen-bond donors (Lipinski definition) is 1. The summed E-state index contributed by atoms with van der Waals surface area (Å²) in [5.41, 5.74) is 0.0303. The van der Waals surface area contributed by atoms with Crippen LogP contribution in [0.3, 0.4) is 0 Å². The van der Waals surface area contributed by atoms with Crippen molar-refractivity contribution in [2.45, 2.75) is 36.8 Å². The molecule has 0 aliphatic rings. The number of carbonyl (C=O) groups is 1. The number of alkyl halides is 11. The summed E-state index contributed by atoms with van der Waals surface area (Å²) >= 11 is 0. The Bertz CT molecular complexity index is 656. The molecule has 0 saturated carbocycles. The molecule has 0 aliphatic heterocycles. The van der Waals surface area contributed by atoms with Crippen molar-refractivity contribution >= 4 is 5.91 Å². The summed E-state index contributed by atoms with van der Waals surface area (Å²) in [7, 11) is 0. The maximum Gasteiger partial charge on any atom is 0.462 e. The van der Waals surface area contributed by atoms with Crippen LogP contribution in [0, 0.1) is 0 Å². The summed E-state index contributed by atoms with van der Waals surface area (Å²) in [5.74, 6) is -16.5. The molecule has 154 valence electrons. The van der Waals surface area contributed by atoms with Crippen LogP contribution in [0.2, 0.25) is 0 Å². The van der Waals surface area contributed by atoms with Crippen molar-refractivity contribution in [1.82, 2.24) is 5.32 Å². The standard InChI is InChI=1S/C13H8F11NO2/c14-9(11(17,18)19,8(26)25-6-7-4-2-1-3-5-7)27-13(23,24)10(15,16)12(20,21)22/h1-5H,6H2,(H,25,26)/t9-/m1/s1. The highest BCUT2D eigenvalue weighted by Gasteiger charge is 2.79. The Balaban J connectivity index is 3.15. The van der Waals surface area contributed by atoms with Gasteiger partial charge in [0.15, 0.2) is 0 Å². The van der Waals surface area contributed by atoms with Crippen LogP contribution in [0.4, 0.5) is 48.3 Å². The minimum Gasteiger partial charge on any atom is -0.347 e. The summed E-state index contributed by atoms with van der Waals surface area (Å²) in [5, 5.41) is 1.14. The largest absolute Gasteiger partial charge is 0.462 e. The van der Waals surface area contributed by atoms with Gasteiger partial charge in [0.2, 0.25) is 0 Å². The molecule has 0 heterocycles. The van der Waals surface area contributed by atoms with Crippen LogP contribution in [-0.2, 0) is 16.1 Å². The minimum atomic E-state index is -7.22. The molecule has 1 aromatic carbocycles. The van der Waals surface area contributed by atoms with E-state index in [-0.39, 0.29) is 5.56 Å². The Morgan fingerprint density at radius 2 is 1.30 bits per heavy atom. The van der Waals surface area contributed by atoms with E-state index in [2.05, 4.69) is 4.74 Å². The first-order valence-electron chi connectivity index (χ1n) is 6.56. The zero-order valence-corrected chi connectivity index (χ0v) is 12.6. The number of ether oxygens (including phenoxy) is 1. The topological polar surface area (TPSA) is 38.3 Å². The summed E-state index contributed by atoms with van der Waals surface area (Å²) in [6, 6.07) is 6.47. The van der Waals surface area contributed by atoms with Gasteiger partial charge in [0.1, 0.15) is 0 Å². The molecule has 1 N–H and O–H groups in total. The predicted molar refractivity (Wildman–Crippen MR) is 65.2 cm³/mol. The van der Waals surface area contributed by atoms with Crippen LogP contribution in [0.1, 0.15) is 5.56 Å². The molecule has 1 aromatic rings. The van der Waals surface area contributed by atoms with Crippen molar-refractivity contribution in [3.63, 3.8) is 0 Å². The zero-order valence-electron chi connectivity index (χ0n) is 12.6. The van der Waals surface area contributed by atoms with Crippen molar-refractivity contribution in [1.29, 1.82) is 0 Å². The third-order valence-corrected chi connectivity index (χ3v) is 2.94. The number of amides is 1. The number of rotatable bonds is 6. The number of benzene rings is 1. The highest BCUT2D eigenvalue weighted by atomic mass is 19.4. The number of nitrogens with one attached hydrogen (secondary N) is 1. The van der Waals surface area contributed by atoms with E-state index >= 15 is 0 Å². The van der Waals surface area contributed by atoms with Gasteiger partial charge in [0.25, 0.3) is 5.91 Å². The van der Waals surface area contributed by atoms with Gasteiger partial charge in [-0.15, -0.1) is 0 Å². The van der Waals surface area contributed by atoms with E-state index in [0.29, 0.717) is 0 Å². The summed E-state index contributed by atoms with van der Waals surface area (Å²) in [6.07, 6.45) is -20.9. The average molecular weight is 419 g/mol. The molecular formula is C13H8F11NO2. The van der Waals surface area contributed by atoms with E-state index in [1.807, 2.05) is 0 Å². The van der Waals surface area contributed by atoms with Crippen molar-refractivity contribution in [2.24, 2.45) is 0 Å². The molecule has 3 nitrogen and oxygen atoms in total. The monoisotopic (exact) mass is 419 g/mol. The first-order valence-corrected chi connectivity index (χ1v) is 6.56. The number of carbonyl (C=O) groups excluding carboxylic acids is 1. The maximum atomic E-state index is 13.9. The van der Waals surface area contributed by atoms with Crippen molar-refractivity contribution in [3.8, 4) is 0 Å². The van der Waals surface area contributed by atoms with Crippen molar-refractivity contribution < 1.29 is 57.8 Å². The molecule has 0 radical (unpaired) electrons. The Morgan fingerprint density at radius 3 is 1.70 bits per heavy atom. The van der Waals surface area contributed by atoms with E-state index in [1.54, 1.807) is 0 Å². The first kappa shape index (κ1) is 22.9. The maximum absolute atomic E-state index is 13.9. The predicted octanol–water partition coefficient (Wildman–Crippen LogP) is 4.34. The van der Waals surface area contributed by atoms with Gasteiger partial charge in [0.05, 0.1) is 0 Å². The minimum absolute atomic E-state index is 0.0303. The lowest BCUT2D eigenvalue weighted by molar-refractivity contribution is -0.473. The third-order valence-electron chi connectivity index (χ3n) is 2.94. The molecule has 0 aliphatic carbocycles. The molecule has 0 saturated heterocycles. The Morgan fingerprint density at radius 1 is 0.815 bits per heavy atom. The molecule has 1 amide bonds. The lowest BCUT2D eigenvalue weighted by Crippen LogP contribution is -2.63. The SMILES string of the molecule is O=C(NCc1ccccc1)[C@@](F)(OC(F)(F)C(F)(F)C(F)(F)F)C(F)(F)F. The van der Waals surface area contributed by atoms with E-state index < -0.39 is 42.7 Å². The van der Waals surface area contributed by atoms with Crippen LogP contribution in [-0.4, -0.2) is 36.1 Å². The molecule has 1 rings (SSSR count). The fourth-order valence-corrected chi connectivity index (χ4v) is 1.53. The normalized spacial score (nSPS) is 16.0. The molecular weight excluding hydrogens is 411 g/mol.